The van der Waals surface area contributed by atoms with Crippen LogP contribution in [-0.2, 0) is 23.6 Å². The lowest BCUT2D eigenvalue weighted by molar-refractivity contribution is 0.358. The van der Waals surface area contributed by atoms with Crippen LogP contribution in [0.3, 0.4) is 0 Å². The van der Waals surface area contributed by atoms with Crippen molar-refractivity contribution in [2.75, 3.05) is 34.2 Å². The predicted molar refractivity (Wildman–Crippen MR) is 85.8 cm³/mol. The van der Waals surface area contributed by atoms with Crippen molar-refractivity contribution >= 4 is 10.0 Å². The topological polar surface area (TPSA) is 57.6 Å². The van der Waals surface area contributed by atoms with Crippen molar-refractivity contribution in [3.8, 4) is 0 Å². The highest BCUT2D eigenvalue weighted by molar-refractivity contribution is 7.89. The first-order valence-corrected chi connectivity index (χ1v) is 8.58. The summed E-state index contributed by atoms with van der Waals surface area (Å²) in [6, 6.07) is 2.11. The highest BCUT2D eigenvalue weighted by atomic mass is 32.2. The zero-order valence-electron chi connectivity index (χ0n) is 13.9. The van der Waals surface area contributed by atoms with Crippen molar-refractivity contribution in [3.63, 3.8) is 0 Å². The lowest BCUT2D eigenvalue weighted by Crippen LogP contribution is -2.33. The molecule has 0 amide bonds. The second-order valence-electron chi connectivity index (χ2n) is 5.94. The molecule has 1 aromatic rings. The molecule has 0 spiro atoms. The van der Waals surface area contributed by atoms with E-state index in [1.807, 2.05) is 30.6 Å². The molecule has 6 nitrogen and oxygen atoms in total. The van der Waals surface area contributed by atoms with E-state index in [0.29, 0.717) is 30.6 Å². The number of aromatic nitrogens is 1. The van der Waals surface area contributed by atoms with E-state index in [4.69, 9.17) is 0 Å². The molecule has 1 heterocycles. The Morgan fingerprint density at radius 3 is 2.38 bits per heavy atom. The minimum absolute atomic E-state index is 0.354. The molecule has 0 aliphatic heterocycles. The first kappa shape index (κ1) is 18.2. The van der Waals surface area contributed by atoms with E-state index >= 15 is 0 Å². The standard InChI is InChI=1S/C14H28N4O2S/c1-12(2)15-10-13-9-14(11-17(13)5)21(19,20)18(6)8-7-16(3)4/h9,11-12,15H,7-8,10H2,1-6H3. The fourth-order valence-corrected chi connectivity index (χ4v) is 3.10. The van der Waals surface area contributed by atoms with Gasteiger partial charge in [-0.25, -0.2) is 8.42 Å². The summed E-state index contributed by atoms with van der Waals surface area (Å²) in [5.41, 5.74) is 0.961. The molecule has 7 heteroatoms. The van der Waals surface area contributed by atoms with Gasteiger partial charge in [-0.1, -0.05) is 13.8 Å². The molecule has 1 N–H and O–H groups in total. The Morgan fingerprint density at radius 2 is 1.86 bits per heavy atom. The van der Waals surface area contributed by atoms with Gasteiger partial charge in [-0.2, -0.15) is 4.31 Å². The van der Waals surface area contributed by atoms with Gasteiger partial charge < -0.3 is 14.8 Å². The van der Waals surface area contributed by atoms with Gasteiger partial charge in [-0.3, -0.25) is 0 Å². The van der Waals surface area contributed by atoms with Crippen LogP contribution in [0.4, 0.5) is 0 Å². The van der Waals surface area contributed by atoms with Crippen LogP contribution in [0, 0.1) is 0 Å². The molecular formula is C14H28N4O2S. The van der Waals surface area contributed by atoms with Gasteiger partial charge in [0, 0.05) is 51.7 Å². The smallest absolute Gasteiger partial charge is 0.244 e. The molecule has 0 fully saturated rings. The first-order chi connectivity index (χ1) is 9.64. The van der Waals surface area contributed by atoms with Crippen molar-refractivity contribution in [3.05, 3.63) is 18.0 Å². The molecule has 1 rings (SSSR count). The van der Waals surface area contributed by atoms with Crippen molar-refractivity contribution in [1.29, 1.82) is 0 Å². The van der Waals surface area contributed by atoms with Gasteiger partial charge in [-0.15, -0.1) is 0 Å². The summed E-state index contributed by atoms with van der Waals surface area (Å²) < 4.78 is 28.3. The summed E-state index contributed by atoms with van der Waals surface area (Å²) in [6.07, 6.45) is 1.68. The molecule has 0 bridgehead atoms. The van der Waals surface area contributed by atoms with Crippen LogP contribution in [0.5, 0.6) is 0 Å². The van der Waals surface area contributed by atoms with Crippen molar-refractivity contribution in [2.45, 2.75) is 31.3 Å². The van der Waals surface area contributed by atoms with E-state index in [1.54, 1.807) is 19.3 Å². The van der Waals surface area contributed by atoms with Crippen LogP contribution < -0.4 is 5.32 Å². The summed E-state index contributed by atoms with van der Waals surface area (Å²) in [7, 11) is 3.94. The number of nitrogens with zero attached hydrogens (tertiary/aromatic N) is 3. The maximum Gasteiger partial charge on any atom is 0.244 e. The van der Waals surface area contributed by atoms with Gasteiger partial charge in [0.2, 0.25) is 10.0 Å². The first-order valence-electron chi connectivity index (χ1n) is 7.14. The Morgan fingerprint density at radius 1 is 1.24 bits per heavy atom. The Kier molecular flexibility index (Phi) is 6.40. The van der Waals surface area contributed by atoms with Crippen molar-refractivity contribution < 1.29 is 8.42 Å². The fraction of sp³-hybridized carbons (Fsp3) is 0.714. The largest absolute Gasteiger partial charge is 0.352 e. The molecule has 0 atom stereocenters. The molecule has 0 aliphatic carbocycles. The highest BCUT2D eigenvalue weighted by Gasteiger charge is 2.22. The summed E-state index contributed by atoms with van der Waals surface area (Å²) in [4.78, 5) is 2.32. The van der Waals surface area contributed by atoms with E-state index in [0.717, 1.165) is 5.69 Å². The van der Waals surface area contributed by atoms with Gasteiger partial charge in [0.25, 0.3) is 0 Å². The molecule has 0 unspecified atom stereocenters. The van der Waals surface area contributed by atoms with Crippen LogP contribution in [0.25, 0.3) is 0 Å². The van der Waals surface area contributed by atoms with Crippen molar-refractivity contribution in [1.82, 2.24) is 19.1 Å². The molecule has 122 valence electrons. The molecule has 1 aromatic heterocycles. The van der Waals surface area contributed by atoms with E-state index in [2.05, 4.69) is 19.2 Å². The third-order valence-corrected chi connectivity index (χ3v) is 5.17. The van der Waals surface area contributed by atoms with Crippen LogP contribution in [-0.4, -0.2) is 62.5 Å². The van der Waals surface area contributed by atoms with Gasteiger partial charge >= 0.3 is 0 Å². The van der Waals surface area contributed by atoms with E-state index < -0.39 is 10.0 Å². The minimum atomic E-state index is -3.42. The van der Waals surface area contributed by atoms with E-state index in [-0.39, 0.29) is 0 Å². The molecule has 0 saturated heterocycles. The third-order valence-electron chi connectivity index (χ3n) is 3.34. The SMILES string of the molecule is CC(C)NCc1cc(S(=O)(=O)N(C)CCN(C)C)cn1C. The summed E-state index contributed by atoms with van der Waals surface area (Å²) >= 11 is 0. The van der Waals surface area contributed by atoms with Crippen LogP contribution >= 0.6 is 0 Å². The molecular weight excluding hydrogens is 288 g/mol. The summed E-state index contributed by atoms with van der Waals surface area (Å²) in [6.45, 7) is 5.96. The number of sulfonamides is 1. The van der Waals surface area contributed by atoms with Crippen molar-refractivity contribution in [2.24, 2.45) is 7.05 Å². The number of rotatable bonds is 8. The second-order valence-corrected chi connectivity index (χ2v) is 7.99. The maximum absolute atomic E-state index is 12.5. The van der Waals surface area contributed by atoms with Gasteiger partial charge in [0.15, 0.2) is 0 Å². The summed E-state index contributed by atoms with van der Waals surface area (Å²) in [5.74, 6) is 0. The maximum atomic E-state index is 12.5. The average Bonchev–Trinajstić information content (AvgIpc) is 2.75. The second kappa shape index (κ2) is 7.40. The van der Waals surface area contributed by atoms with E-state index in [1.165, 1.54) is 4.31 Å². The zero-order valence-corrected chi connectivity index (χ0v) is 14.7. The van der Waals surface area contributed by atoms with Gasteiger partial charge in [0.05, 0.1) is 0 Å². The lowest BCUT2D eigenvalue weighted by atomic mass is 10.3. The van der Waals surface area contributed by atoms with E-state index in [9.17, 15) is 8.42 Å². The molecule has 0 aliphatic rings. The van der Waals surface area contributed by atoms with Crippen LogP contribution in [0.1, 0.15) is 19.5 Å². The van der Waals surface area contributed by atoms with Gasteiger partial charge in [0.1, 0.15) is 4.90 Å². The normalized spacial score (nSPS) is 12.8. The number of hydrogen-bond acceptors (Lipinski definition) is 4. The number of nitrogens with one attached hydrogen (secondary N) is 1. The molecule has 21 heavy (non-hydrogen) atoms. The Bertz CT molecular complexity index is 549. The zero-order chi connectivity index (χ0) is 16.2. The Hall–Kier alpha value is -0.890. The number of hydrogen-bond donors (Lipinski definition) is 1. The lowest BCUT2D eigenvalue weighted by Gasteiger charge is -2.18. The number of likely N-dealkylation sites (N-methyl/N-ethyl adjacent to an activating group) is 2. The third kappa shape index (κ3) is 5.10. The summed E-state index contributed by atoms with van der Waals surface area (Å²) in [5, 5.41) is 3.30. The Labute approximate surface area is 128 Å². The molecule has 0 aromatic carbocycles. The Balaban J connectivity index is 2.86. The molecule has 0 radical (unpaired) electrons. The van der Waals surface area contributed by atoms with Crippen LogP contribution in [0.15, 0.2) is 17.2 Å². The van der Waals surface area contributed by atoms with Gasteiger partial charge in [-0.05, 0) is 20.2 Å². The monoisotopic (exact) mass is 316 g/mol. The van der Waals surface area contributed by atoms with Crippen LogP contribution in [0.2, 0.25) is 0 Å². The minimum Gasteiger partial charge on any atom is -0.352 e. The average molecular weight is 316 g/mol. The number of aryl methyl sites for hydroxylation is 1. The highest BCUT2D eigenvalue weighted by Crippen LogP contribution is 2.17. The molecule has 0 saturated carbocycles. The fourth-order valence-electron chi connectivity index (χ4n) is 1.84. The quantitative estimate of drug-likeness (QED) is 0.767. The predicted octanol–water partition coefficient (Wildman–Crippen LogP) is 0.705.